The summed E-state index contributed by atoms with van der Waals surface area (Å²) in [7, 11) is 0. The minimum absolute atomic E-state index is 0.0813. The second kappa shape index (κ2) is 6.51. The molecular weight excluding hydrogens is 284 g/mol. The molecule has 1 aromatic carbocycles. The monoisotopic (exact) mass is 300 g/mol. The first-order valence-corrected chi connectivity index (χ1v) is 6.22. The van der Waals surface area contributed by atoms with Crippen molar-refractivity contribution >= 4 is 12.1 Å². The molecule has 116 valence electrons. The number of carboxylic acids is 1. The van der Waals surface area contributed by atoms with Crippen LogP contribution in [0.15, 0.2) is 18.2 Å². The van der Waals surface area contributed by atoms with Gasteiger partial charge in [0.15, 0.2) is 0 Å². The van der Waals surface area contributed by atoms with E-state index in [2.05, 4.69) is 5.32 Å². The van der Waals surface area contributed by atoms with Crippen LogP contribution in [0.1, 0.15) is 26.3 Å². The van der Waals surface area contributed by atoms with E-state index in [-0.39, 0.29) is 12.0 Å². The molecule has 5 nitrogen and oxygen atoms in total. The summed E-state index contributed by atoms with van der Waals surface area (Å²) in [5.41, 5.74) is -0.719. The fourth-order valence-corrected chi connectivity index (χ4v) is 1.61. The number of carboxylic acid groups (broad SMARTS) is 1. The van der Waals surface area contributed by atoms with Crippen molar-refractivity contribution in [2.24, 2.45) is 0 Å². The van der Waals surface area contributed by atoms with Crippen LogP contribution in [0.25, 0.3) is 0 Å². The summed E-state index contributed by atoms with van der Waals surface area (Å²) in [5.74, 6) is -3.25. The molecule has 21 heavy (non-hydrogen) atoms. The number of halogens is 2. The number of rotatable bonds is 4. The zero-order chi connectivity index (χ0) is 16.2. The largest absolute Gasteiger partial charge is 0.548 e. The highest BCUT2D eigenvalue weighted by molar-refractivity contribution is 5.79. The standard InChI is InChI=1S/C14H17F2NO4/c1-14(2,3)21-13(20)17-11(12(18)19)6-8-4-9(15)7-10(16)5-8/h4-5,7,11H,6H2,1-3H3,(H,17,20)(H,18,19)/p-1/t11-/m1/s1. The summed E-state index contributed by atoms with van der Waals surface area (Å²) in [6, 6.07) is 1.17. The number of hydrogen-bond donors (Lipinski definition) is 1. The first-order valence-electron chi connectivity index (χ1n) is 6.22. The lowest BCUT2D eigenvalue weighted by Gasteiger charge is -2.24. The number of benzene rings is 1. The quantitative estimate of drug-likeness (QED) is 0.904. The van der Waals surface area contributed by atoms with E-state index in [4.69, 9.17) is 4.74 Å². The van der Waals surface area contributed by atoms with Crippen LogP contribution in [-0.2, 0) is 16.0 Å². The Labute approximate surface area is 120 Å². The van der Waals surface area contributed by atoms with Crippen LogP contribution in [0, 0.1) is 11.6 Å². The van der Waals surface area contributed by atoms with Crippen molar-refractivity contribution in [1.29, 1.82) is 0 Å². The summed E-state index contributed by atoms with van der Waals surface area (Å²) < 4.78 is 31.0. The molecule has 0 radical (unpaired) electrons. The van der Waals surface area contributed by atoms with E-state index in [0.29, 0.717) is 6.07 Å². The number of alkyl carbamates (subject to hydrolysis) is 1. The molecule has 0 saturated heterocycles. The lowest BCUT2D eigenvalue weighted by molar-refractivity contribution is -0.308. The molecule has 0 fully saturated rings. The van der Waals surface area contributed by atoms with Gasteiger partial charge in [0.2, 0.25) is 0 Å². The van der Waals surface area contributed by atoms with Crippen LogP contribution in [0.3, 0.4) is 0 Å². The van der Waals surface area contributed by atoms with Gasteiger partial charge in [-0.2, -0.15) is 0 Å². The summed E-state index contributed by atoms with van der Waals surface area (Å²) in [6.07, 6.45) is -1.27. The lowest BCUT2D eigenvalue weighted by atomic mass is 10.1. The molecule has 7 heteroatoms. The second-order valence-electron chi connectivity index (χ2n) is 5.50. The highest BCUT2D eigenvalue weighted by Crippen LogP contribution is 2.11. The number of hydrogen-bond acceptors (Lipinski definition) is 4. The minimum atomic E-state index is -1.58. The Balaban J connectivity index is 2.78. The van der Waals surface area contributed by atoms with Crippen molar-refractivity contribution in [1.82, 2.24) is 5.32 Å². The Kier molecular flexibility index (Phi) is 5.23. The Morgan fingerprint density at radius 3 is 2.19 bits per heavy atom. The number of amides is 1. The Hall–Kier alpha value is -2.18. The van der Waals surface area contributed by atoms with Gasteiger partial charge in [0.05, 0.1) is 12.0 Å². The maximum Gasteiger partial charge on any atom is 0.408 e. The van der Waals surface area contributed by atoms with Gasteiger partial charge < -0.3 is 20.0 Å². The van der Waals surface area contributed by atoms with Crippen molar-refractivity contribution < 1.29 is 28.2 Å². The van der Waals surface area contributed by atoms with Crippen LogP contribution in [0.2, 0.25) is 0 Å². The first kappa shape index (κ1) is 16.9. The molecule has 0 unspecified atom stereocenters. The van der Waals surface area contributed by atoms with Gasteiger partial charge in [-0.25, -0.2) is 13.6 Å². The number of carbonyl (C=O) groups is 2. The molecule has 0 heterocycles. The van der Waals surface area contributed by atoms with Gasteiger partial charge in [0, 0.05) is 6.07 Å². The van der Waals surface area contributed by atoms with Crippen molar-refractivity contribution in [2.45, 2.75) is 38.8 Å². The zero-order valence-electron chi connectivity index (χ0n) is 11.9. The number of nitrogens with one attached hydrogen (secondary N) is 1. The third kappa shape index (κ3) is 6.20. The SMILES string of the molecule is CC(C)(C)OC(=O)N[C@H](Cc1cc(F)cc(F)c1)C(=O)[O-]. The van der Waals surface area contributed by atoms with E-state index < -0.39 is 35.3 Å². The van der Waals surface area contributed by atoms with Gasteiger partial charge in [-0.3, -0.25) is 0 Å². The van der Waals surface area contributed by atoms with E-state index in [9.17, 15) is 23.5 Å². The van der Waals surface area contributed by atoms with Gasteiger partial charge in [-0.15, -0.1) is 0 Å². The lowest BCUT2D eigenvalue weighted by Crippen LogP contribution is -2.50. The van der Waals surface area contributed by atoms with Gasteiger partial charge in [-0.1, -0.05) is 0 Å². The fraction of sp³-hybridized carbons (Fsp3) is 0.429. The molecule has 0 bridgehead atoms. The predicted octanol–water partition coefficient (Wildman–Crippen LogP) is 1.15. The van der Waals surface area contributed by atoms with E-state index in [1.807, 2.05) is 0 Å². The third-order valence-electron chi connectivity index (χ3n) is 2.34. The molecule has 1 amide bonds. The Morgan fingerprint density at radius 1 is 1.24 bits per heavy atom. The average Bonchev–Trinajstić information content (AvgIpc) is 2.23. The molecule has 0 spiro atoms. The third-order valence-corrected chi connectivity index (χ3v) is 2.34. The zero-order valence-corrected chi connectivity index (χ0v) is 11.9. The van der Waals surface area contributed by atoms with Crippen LogP contribution in [-0.4, -0.2) is 23.7 Å². The highest BCUT2D eigenvalue weighted by atomic mass is 19.1. The van der Waals surface area contributed by atoms with Crippen molar-refractivity contribution in [3.05, 3.63) is 35.4 Å². The molecule has 1 N–H and O–H groups in total. The fourth-order valence-electron chi connectivity index (χ4n) is 1.61. The molecule has 0 saturated carbocycles. The van der Waals surface area contributed by atoms with Crippen molar-refractivity contribution in [2.75, 3.05) is 0 Å². The predicted molar refractivity (Wildman–Crippen MR) is 68.2 cm³/mol. The molecule has 0 aliphatic rings. The van der Waals surface area contributed by atoms with Gasteiger partial charge >= 0.3 is 6.09 Å². The topological polar surface area (TPSA) is 78.5 Å². The summed E-state index contributed by atoms with van der Waals surface area (Å²) >= 11 is 0. The number of ether oxygens (including phenoxy) is 1. The maximum absolute atomic E-state index is 13.0. The maximum atomic E-state index is 13.0. The van der Waals surface area contributed by atoms with Crippen LogP contribution < -0.4 is 10.4 Å². The molecule has 1 rings (SSSR count). The van der Waals surface area contributed by atoms with Crippen LogP contribution >= 0.6 is 0 Å². The van der Waals surface area contributed by atoms with Crippen LogP contribution in [0.5, 0.6) is 0 Å². The van der Waals surface area contributed by atoms with Gasteiger partial charge in [0.1, 0.15) is 17.2 Å². The van der Waals surface area contributed by atoms with E-state index >= 15 is 0 Å². The van der Waals surface area contributed by atoms with Crippen LogP contribution in [0.4, 0.5) is 13.6 Å². The summed E-state index contributed by atoms with van der Waals surface area (Å²) in [6.45, 7) is 4.84. The molecule has 0 aliphatic carbocycles. The Bertz CT molecular complexity index is 520. The molecule has 0 aromatic heterocycles. The minimum Gasteiger partial charge on any atom is -0.548 e. The van der Waals surface area contributed by atoms with E-state index in [1.54, 1.807) is 20.8 Å². The second-order valence-corrected chi connectivity index (χ2v) is 5.50. The van der Waals surface area contributed by atoms with Gasteiger partial charge in [0.25, 0.3) is 0 Å². The normalized spacial score (nSPS) is 12.6. The summed E-state index contributed by atoms with van der Waals surface area (Å²) in [5, 5.41) is 13.1. The Morgan fingerprint density at radius 2 is 1.76 bits per heavy atom. The van der Waals surface area contributed by atoms with Crippen molar-refractivity contribution in [3.63, 3.8) is 0 Å². The molecule has 1 atom stereocenters. The van der Waals surface area contributed by atoms with E-state index in [1.165, 1.54) is 0 Å². The summed E-state index contributed by atoms with van der Waals surface area (Å²) in [4.78, 5) is 22.5. The number of aliphatic carboxylic acids is 1. The smallest absolute Gasteiger partial charge is 0.408 e. The van der Waals surface area contributed by atoms with Crippen molar-refractivity contribution in [3.8, 4) is 0 Å². The molecule has 0 aliphatic heterocycles. The average molecular weight is 300 g/mol. The van der Waals surface area contributed by atoms with Gasteiger partial charge in [-0.05, 0) is 44.9 Å². The van der Waals surface area contributed by atoms with E-state index in [0.717, 1.165) is 12.1 Å². The molecule has 1 aromatic rings. The highest BCUT2D eigenvalue weighted by Gasteiger charge is 2.20. The first-order chi connectivity index (χ1) is 9.56. The number of carbonyl (C=O) groups excluding carboxylic acids is 2. The molecular formula is C14H16F2NO4-.